The maximum atomic E-state index is 10.8. The fourth-order valence-electron chi connectivity index (χ4n) is 4.56. The molecule has 0 heterocycles. The maximum Gasteiger partial charge on any atom is 0.0687 e. The molecule has 1 aromatic carbocycles. The zero-order valence-corrected chi connectivity index (χ0v) is 12.5. The van der Waals surface area contributed by atoms with Gasteiger partial charge in [0.05, 0.1) is 6.10 Å². The first-order valence-corrected chi connectivity index (χ1v) is 6.89. The molecule has 100 valence electrons. The summed E-state index contributed by atoms with van der Waals surface area (Å²) in [5.74, 6) is 0. The topological polar surface area (TPSA) is 20.2 Å². The summed E-state index contributed by atoms with van der Waals surface area (Å²) >= 11 is 0. The van der Waals surface area contributed by atoms with Gasteiger partial charge in [0.1, 0.15) is 0 Å². The van der Waals surface area contributed by atoms with Crippen LogP contribution in [-0.4, -0.2) is 11.2 Å². The number of benzene rings is 1. The molecule has 0 saturated carbocycles. The summed E-state index contributed by atoms with van der Waals surface area (Å²) in [4.78, 5) is 0. The Hall–Kier alpha value is -0.820. The lowest BCUT2D eigenvalue weighted by molar-refractivity contribution is -0.0501. The Balaban J connectivity index is 2.77. The van der Waals surface area contributed by atoms with E-state index in [-0.39, 0.29) is 22.3 Å². The van der Waals surface area contributed by atoms with Crippen molar-refractivity contribution >= 4 is 0 Å². The summed E-state index contributed by atoms with van der Waals surface area (Å²) in [6.45, 7) is 13.5. The van der Waals surface area contributed by atoms with Crippen LogP contribution in [0.1, 0.15) is 52.7 Å². The smallest absolute Gasteiger partial charge is 0.0687 e. The number of fused-ring (bicyclic) bond motifs is 1. The minimum absolute atomic E-state index is 0.0251. The summed E-state index contributed by atoms with van der Waals surface area (Å²) in [7, 11) is 0. The first kappa shape index (κ1) is 13.6. The molecule has 1 aliphatic rings. The molecule has 18 heavy (non-hydrogen) atoms. The van der Waals surface area contributed by atoms with Crippen LogP contribution >= 0.6 is 0 Å². The van der Waals surface area contributed by atoms with Crippen molar-refractivity contribution in [2.75, 3.05) is 0 Å². The van der Waals surface area contributed by atoms with Crippen molar-refractivity contribution in [2.45, 2.75) is 59.5 Å². The minimum atomic E-state index is -0.296. The highest BCUT2D eigenvalue weighted by Gasteiger charge is 2.59. The van der Waals surface area contributed by atoms with Crippen LogP contribution in [0.4, 0.5) is 0 Å². The highest BCUT2D eigenvalue weighted by Crippen LogP contribution is 2.59. The van der Waals surface area contributed by atoms with E-state index in [2.05, 4.69) is 65.8 Å². The van der Waals surface area contributed by atoms with E-state index in [0.717, 1.165) is 6.42 Å². The van der Waals surface area contributed by atoms with Crippen molar-refractivity contribution < 1.29 is 5.11 Å². The standard InChI is InChI=1S/C17H26O/c1-15(2,3)17(16(4,5)6)13-10-8-7-9-12(13)11-14(17)18/h7-10,14,18H,11H2,1-6H3. The summed E-state index contributed by atoms with van der Waals surface area (Å²) in [6.07, 6.45) is 0.486. The van der Waals surface area contributed by atoms with Crippen molar-refractivity contribution in [3.63, 3.8) is 0 Å². The van der Waals surface area contributed by atoms with Crippen LogP contribution in [-0.2, 0) is 11.8 Å². The van der Waals surface area contributed by atoms with Crippen molar-refractivity contribution in [1.29, 1.82) is 0 Å². The van der Waals surface area contributed by atoms with E-state index in [1.54, 1.807) is 0 Å². The number of hydrogen-bond acceptors (Lipinski definition) is 1. The second-order valence-corrected chi connectivity index (χ2v) is 7.69. The first-order valence-electron chi connectivity index (χ1n) is 6.89. The van der Waals surface area contributed by atoms with Gasteiger partial charge in [-0.1, -0.05) is 65.8 Å². The molecule has 0 spiro atoms. The third-order valence-electron chi connectivity index (χ3n) is 4.72. The lowest BCUT2D eigenvalue weighted by Crippen LogP contribution is -2.56. The number of aliphatic hydroxyl groups excluding tert-OH is 1. The molecule has 1 aromatic rings. The summed E-state index contributed by atoms with van der Waals surface area (Å²) in [5, 5.41) is 10.8. The van der Waals surface area contributed by atoms with Crippen molar-refractivity contribution in [1.82, 2.24) is 0 Å². The van der Waals surface area contributed by atoms with E-state index < -0.39 is 0 Å². The molecule has 0 bridgehead atoms. The van der Waals surface area contributed by atoms with Gasteiger partial charge in [-0.3, -0.25) is 0 Å². The predicted molar refractivity (Wildman–Crippen MR) is 76.7 cm³/mol. The van der Waals surface area contributed by atoms with Crippen LogP contribution in [0, 0.1) is 10.8 Å². The third-order valence-corrected chi connectivity index (χ3v) is 4.72. The van der Waals surface area contributed by atoms with Crippen LogP contribution < -0.4 is 0 Å². The van der Waals surface area contributed by atoms with E-state index in [1.807, 2.05) is 0 Å². The molecule has 0 saturated heterocycles. The number of rotatable bonds is 0. The Morgan fingerprint density at radius 3 is 2.00 bits per heavy atom. The highest BCUT2D eigenvalue weighted by molar-refractivity contribution is 5.45. The van der Waals surface area contributed by atoms with Crippen LogP contribution in [0.15, 0.2) is 24.3 Å². The van der Waals surface area contributed by atoms with Crippen LogP contribution in [0.25, 0.3) is 0 Å². The van der Waals surface area contributed by atoms with E-state index >= 15 is 0 Å². The van der Waals surface area contributed by atoms with Gasteiger partial charge in [-0.25, -0.2) is 0 Å². The maximum absolute atomic E-state index is 10.8. The second kappa shape index (κ2) is 3.84. The quantitative estimate of drug-likeness (QED) is 0.735. The van der Waals surface area contributed by atoms with Gasteiger partial charge in [-0.05, 0) is 28.4 Å². The molecule has 1 atom stereocenters. The molecule has 0 aliphatic heterocycles. The van der Waals surface area contributed by atoms with Crippen LogP contribution in [0.3, 0.4) is 0 Å². The SMILES string of the molecule is CC(C)(C)C1(C(C)(C)C)c2ccccc2CC1O. The third kappa shape index (κ3) is 1.56. The molecule has 0 fully saturated rings. The molecule has 2 rings (SSSR count). The molecule has 1 unspecified atom stereocenters. The van der Waals surface area contributed by atoms with Crippen molar-refractivity contribution in [3.8, 4) is 0 Å². The van der Waals surface area contributed by atoms with Gasteiger partial charge in [0.2, 0.25) is 0 Å². The second-order valence-electron chi connectivity index (χ2n) is 7.69. The average molecular weight is 246 g/mol. The Labute approximate surface area is 111 Å². The normalized spacial score (nSPS) is 22.9. The van der Waals surface area contributed by atoms with Gasteiger partial charge >= 0.3 is 0 Å². The van der Waals surface area contributed by atoms with E-state index in [4.69, 9.17) is 0 Å². The summed E-state index contributed by atoms with van der Waals surface area (Å²) < 4.78 is 0. The fraction of sp³-hybridized carbons (Fsp3) is 0.647. The van der Waals surface area contributed by atoms with Crippen LogP contribution in [0.2, 0.25) is 0 Å². The van der Waals surface area contributed by atoms with E-state index in [0.29, 0.717) is 0 Å². The van der Waals surface area contributed by atoms with Gasteiger partial charge in [0.25, 0.3) is 0 Å². The zero-order valence-electron chi connectivity index (χ0n) is 12.5. The van der Waals surface area contributed by atoms with Gasteiger partial charge in [-0.15, -0.1) is 0 Å². The predicted octanol–water partition coefficient (Wildman–Crippen LogP) is 3.93. The fourth-order valence-corrected chi connectivity index (χ4v) is 4.56. The monoisotopic (exact) mass is 246 g/mol. The Morgan fingerprint density at radius 1 is 1.00 bits per heavy atom. The van der Waals surface area contributed by atoms with Gasteiger partial charge in [0.15, 0.2) is 0 Å². The number of hydrogen-bond donors (Lipinski definition) is 1. The lowest BCUT2D eigenvalue weighted by atomic mass is 9.50. The van der Waals surface area contributed by atoms with Crippen molar-refractivity contribution in [2.24, 2.45) is 10.8 Å². The molecule has 0 aromatic heterocycles. The first-order chi connectivity index (χ1) is 8.12. The van der Waals surface area contributed by atoms with Gasteiger partial charge in [-0.2, -0.15) is 0 Å². The summed E-state index contributed by atoms with van der Waals surface area (Å²) in [5.41, 5.74) is 2.53. The Kier molecular flexibility index (Phi) is 2.90. The molecule has 1 nitrogen and oxygen atoms in total. The molecule has 0 radical (unpaired) electrons. The summed E-state index contributed by atoms with van der Waals surface area (Å²) in [6, 6.07) is 8.55. The number of aliphatic hydroxyl groups is 1. The van der Waals surface area contributed by atoms with Crippen LogP contribution in [0.5, 0.6) is 0 Å². The average Bonchev–Trinajstić information content (AvgIpc) is 2.47. The van der Waals surface area contributed by atoms with E-state index in [9.17, 15) is 5.11 Å². The Bertz CT molecular complexity index is 431. The molecular weight excluding hydrogens is 220 g/mol. The van der Waals surface area contributed by atoms with Gasteiger partial charge < -0.3 is 5.11 Å². The minimum Gasteiger partial charge on any atom is -0.392 e. The molecule has 0 amide bonds. The van der Waals surface area contributed by atoms with Gasteiger partial charge in [0, 0.05) is 5.41 Å². The van der Waals surface area contributed by atoms with E-state index in [1.165, 1.54) is 11.1 Å². The molecule has 1 N–H and O–H groups in total. The molecule has 1 heteroatoms. The zero-order chi connectivity index (χ0) is 13.8. The molecule has 1 aliphatic carbocycles. The largest absolute Gasteiger partial charge is 0.392 e. The van der Waals surface area contributed by atoms with Crippen molar-refractivity contribution in [3.05, 3.63) is 35.4 Å². The Morgan fingerprint density at radius 2 is 1.50 bits per heavy atom. The molecular formula is C17H26O. The lowest BCUT2D eigenvalue weighted by Gasteiger charge is -2.54. The highest BCUT2D eigenvalue weighted by atomic mass is 16.3.